The van der Waals surface area contributed by atoms with Crippen molar-refractivity contribution >= 4 is 5.78 Å². The molecule has 108 valence electrons. The van der Waals surface area contributed by atoms with Crippen molar-refractivity contribution in [3.05, 3.63) is 78.1 Å². The van der Waals surface area contributed by atoms with Crippen LogP contribution in [0.5, 0.6) is 5.75 Å². The molecule has 0 unspecified atom stereocenters. The summed E-state index contributed by atoms with van der Waals surface area (Å²) in [6.45, 7) is 0. The fourth-order valence-corrected chi connectivity index (χ4v) is 2.27. The summed E-state index contributed by atoms with van der Waals surface area (Å²) in [4.78, 5) is 21.5. The zero-order valence-electron chi connectivity index (χ0n) is 12.1. The highest BCUT2D eigenvalue weighted by Gasteiger charge is 2.19. The van der Waals surface area contributed by atoms with Gasteiger partial charge >= 0.3 is 0 Å². The molecule has 3 aromatic rings. The molecule has 4 heteroatoms. The predicted molar refractivity (Wildman–Crippen MR) is 83.9 cm³/mol. The van der Waals surface area contributed by atoms with Gasteiger partial charge in [0, 0.05) is 12.4 Å². The quantitative estimate of drug-likeness (QED) is 0.691. The Bertz CT molecular complexity index is 801. The lowest BCUT2D eigenvalue weighted by Gasteiger charge is -2.10. The maximum absolute atomic E-state index is 12.9. The minimum Gasteiger partial charge on any atom is -0.496 e. The average Bonchev–Trinajstić information content (AvgIpc) is 2.62. The first-order valence-electron chi connectivity index (χ1n) is 6.85. The molecular weight excluding hydrogens is 276 g/mol. The Kier molecular flexibility index (Phi) is 3.92. The third-order valence-corrected chi connectivity index (χ3v) is 3.31. The third kappa shape index (κ3) is 2.59. The van der Waals surface area contributed by atoms with Crippen molar-refractivity contribution in [3.63, 3.8) is 0 Å². The molecule has 4 nitrogen and oxygen atoms in total. The van der Waals surface area contributed by atoms with Gasteiger partial charge in [-0.1, -0.05) is 18.2 Å². The van der Waals surface area contributed by atoms with E-state index in [1.807, 2.05) is 30.3 Å². The molecule has 0 bridgehead atoms. The van der Waals surface area contributed by atoms with Gasteiger partial charge in [-0.05, 0) is 36.4 Å². The van der Waals surface area contributed by atoms with E-state index >= 15 is 0 Å². The van der Waals surface area contributed by atoms with Crippen molar-refractivity contribution in [2.75, 3.05) is 7.11 Å². The van der Waals surface area contributed by atoms with Crippen LogP contribution in [0.25, 0.3) is 11.4 Å². The molecule has 0 N–H and O–H groups in total. The Balaban J connectivity index is 2.11. The highest BCUT2D eigenvalue weighted by molar-refractivity contribution is 6.13. The lowest BCUT2D eigenvalue weighted by Crippen LogP contribution is -2.07. The highest BCUT2D eigenvalue weighted by atomic mass is 16.5. The summed E-state index contributed by atoms with van der Waals surface area (Å²) in [5.41, 5.74) is 2.25. The Hall–Kier alpha value is -3.01. The molecule has 3 rings (SSSR count). The molecule has 1 aromatic carbocycles. The van der Waals surface area contributed by atoms with Gasteiger partial charge in [-0.2, -0.15) is 0 Å². The van der Waals surface area contributed by atoms with Gasteiger partial charge in [0.25, 0.3) is 0 Å². The molecule has 0 fully saturated rings. The van der Waals surface area contributed by atoms with Crippen LogP contribution < -0.4 is 4.74 Å². The van der Waals surface area contributed by atoms with Crippen LogP contribution in [-0.2, 0) is 0 Å². The van der Waals surface area contributed by atoms with Crippen LogP contribution in [0.4, 0.5) is 0 Å². The minimum atomic E-state index is -0.133. The summed E-state index contributed by atoms with van der Waals surface area (Å²) < 4.78 is 5.28. The lowest BCUT2D eigenvalue weighted by molar-refractivity contribution is 0.103. The minimum absolute atomic E-state index is 0.133. The number of benzene rings is 1. The maximum Gasteiger partial charge on any atom is 0.199 e. The summed E-state index contributed by atoms with van der Waals surface area (Å²) in [5.74, 6) is 0.412. The molecule has 0 aliphatic rings. The van der Waals surface area contributed by atoms with Gasteiger partial charge in [-0.15, -0.1) is 0 Å². The van der Waals surface area contributed by atoms with Gasteiger partial charge < -0.3 is 4.74 Å². The van der Waals surface area contributed by atoms with E-state index in [2.05, 4.69) is 9.97 Å². The van der Waals surface area contributed by atoms with Crippen molar-refractivity contribution in [3.8, 4) is 17.1 Å². The van der Waals surface area contributed by atoms with E-state index < -0.39 is 0 Å². The normalized spacial score (nSPS) is 10.2. The van der Waals surface area contributed by atoms with Gasteiger partial charge in [-0.25, -0.2) is 0 Å². The van der Waals surface area contributed by atoms with Crippen LogP contribution >= 0.6 is 0 Å². The largest absolute Gasteiger partial charge is 0.496 e. The number of methoxy groups -OCH3 is 1. The summed E-state index contributed by atoms with van der Waals surface area (Å²) in [6.07, 6.45) is 3.34. The number of carbonyl (C=O) groups excluding carboxylic acids is 1. The number of hydrogen-bond acceptors (Lipinski definition) is 4. The monoisotopic (exact) mass is 290 g/mol. The Labute approximate surface area is 128 Å². The number of rotatable bonds is 4. The van der Waals surface area contributed by atoms with Crippen molar-refractivity contribution in [2.24, 2.45) is 0 Å². The van der Waals surface area contributed by atoms with Gasteiger partial charge in [-0.3, -0.25) is 14.8 Å². The number of para-hydroxylation sites is 1. The third-order valence-electron chi connectivity index (χ3n) is 3.31. The number of carbonyl (C=O) groups is 1. The van der Waals surface area contributed by atoms with E-state index in [0.717, 1.165) is 0 Å². The average molecular weight is 290 g/mol. The molecule has 0 amide bonds. The Morgan fingerprint density at radius 2 is 1.59 bits per heavy atom. The second-order valence-electron chi connectivity index (χ2n) is 4.64. The number of hydrogen-bond donors (Lipinski definition) is 0. The van der Waals surface area contributed by atoms with Crippen molar-refractivity contribution in [2.45, 2.75) is 0 Å². The second-order valence-corrected chi connectivity index (χ2v) is 4.64. The van der Waals surface area contributed by atoms with Crippen LogP contribution in [0.3, 0.4) is 0 Å². The van der Waals surface area contributed by atoms with E-state index in [1.165, 1.54) is 0 Å². The van der Waals surface area contributed by atoms with E-state index in [4.69, 9.17) is 4.74 Å². The topological polar surface area (TPSA) is 52.1 Å². The standard InChI is InChI=1S/C18H14N2O2/c1-22-16-10-3-2-7-13(16)18(21)14-8-6-12-20-17(14)15-9-4-5-11-19-15/h2-12H,1H3. The Morgan fingerprint density at radius 3 is 2.36 bits per heavy atom. The maximum atomic E-state index is 12.9. The molecule has 0 radical (unpaired) electrons. The number of ether oxygens (including phenoxy) is 1. The first-order valence-corrected chi connectivity index (χ1v) is 6.85. The fraction of sp³-hybridized carbons (Fsp3) is 0.0556. The summed E-state index contributed by atoms with van der Waals surface area (Å²) in [7, 11) is 1.55. The molecule has 2 aromatic heterocycles. The van der Waals surface area contributed by atoms with Crippen molar-refractivity contribution in [1.82, 2.24) is 9.97 Å². The van der Waals surface area contributed by atoms with E-state index in [0.29, 0.717) is 28.3 Å². The van der Waals surface area contributed by atoms with Crippen LogP contribution in [0.15, 0.2) is 67.0 Å². The smallest absolute Gasteiger partial charge is 0.199 e. The Morgan fingerprint density at radius 1 is 0.864 bits per heavy atom. The summed E-state index contributed by atoms with van der Waals surface area (Å²) in [5, 5.41) is 0. The molecule has 0 aliphatic heterocycles. The van der Waals surface area contributed by atoms with E-state index in [9.17, 15) is 4.79 Å². The van der Waals surface area contributed by atoms with Crippen molar-refractivity contribution < 1.29 is 9.53 Å². The van der Waals surface area contributed by atoms with Gasteiger partial charge in [0.05, 0.1) is 29.6 Å². The van der Waals surface area contributed by atoms with Crippen LogP contribution in [0.2, 0.25) is 0 Å². The fourth-order valence-electron chi connectivity index (χ4n) is 2.27. The molecular formula is C18H14N2O2. The van der Waals surface area contributed by atoms with Gasteiger partial charge in [0.1, 0.15) is 5.75 Å². The van der Waals surface area contributed by atoms with Gasteiger partial charge in [0.2, 0.25) is 0 Å². The predicted octanol–water partition coefficient (Wildman–Crippen LogP) is 3.38. The van der Waals surface area contributed by atoms with E-state index in [1.54, 1.807) is 43.8 Å². The summed E-state index contributed by atoms with van der Waals surface area (Å²) >= 11 is 0. The highest BCUT2D eigenvalue weighted by Crippen LogP contribution is 2.25. The zero-order chi connectivity index (χ0) is 15.4. The number of pyridine rings is 2. The SMILES string of the molecule is COc1ccccc1C(=O)c1cccnc1-c1ccccn1. The van der Waals surface area contributed by atoms with Crippen LogP contribution in [-0.4, -0.2) is 22.9 Å². The number of ketones is 1. The van der Waals surface area contributed by atoms with Gasteiger partial charge in [0.15, 0.2) is 5.78 Å². The van der Waals surface area contributed by atoms with Crippen molar-refractivity contribution in [1.29, 1.82) is 0 Å². The molecule has 22 heavy (non-hydrogen) atoms. The molecule has 0 aliphatic carbocycles. The summed E-state index contributed by atoms with van der Waals surface area (Å²) in [6, 6.07) is 16.2. The second kappa shape index (κ2) is 6.18. The molecule has 0 saturated carbocycles. The molecule has 0 atom stereocenters. The molecule has 0 spiro atoms. The van der Waals surface area contributed by atoms with Crippen LogP contribution in [0.1, 0.15) is 15.9 Å². The van der Waals surface area contributed by atoms with E-state index in [-0.39, 0.29) is 5.78 Å². The molecule has 2 heterocycles. The number of aromatic nitrogens is 2. The number of nitrogens with zero attached hydrogens (tertiary/aromatic N) is 2. The zero-order valence-corrected chi connectivity index (χ0v) is 12.1. The van der Waals surface area contributed by atoms with Crippen LogP contribution in [0, 0.1) is 0 Å². The molecule has 0 saturated heterocycles. The first kappa shape index (κ1) is 13.9. The lowest BCUT2D eigenvalue weighted by atomic mass is 9.99. The first-order chi connectivity index (χ1) is 10.8.